The molecule has 1 heterocycles. The van der Waals surface area contributed by atoms with Crippen molar-refractivity contribution in [1.82, 2.24) is 0 Å². The molecule has 0 bridgehead atoms. The van der Waals surface area contributed by atoms with Crippen LogP contribution in [0.15, 0.2) is 0 Å². The second-order valence-electron chi connectivity index (χ2n) is 3.18. The summed E-state index contributed by atoms with van der Waals surface area (Å²) in [6, 6.07) is 0. The lowest BCUT2D eigenvalue weighted by molar-refractivity contribution is -0.127. The summed E-state index contributed by atoms with van der Waals surface area (Å²) in [5.74, 6) is 0.257. The third-order valence-corrected chi connectivity index (χ3v) is 2.10. The van der Waals surface area contributed by atoms with E-state index in [1.54, 1.807) is 0 Å². The lowest BCUT2D eigenvalue weighted by Crippen LogP contribution is -2.20. The number of ketones is 1. The molecule has 1 aliphatic rings. The van der Waals surface area contributed by atoms with Crippen LogP contribution in [0.25, 0.3) is 0 Å². The molecule has 0 aromatic heterocycles. The first-order chi connectivity index (χ1) is 5.74. The Balaban J connectivity index is 2.23. The van der Waals surface area contributed by atoms with Gasteiger partial charge < -0.3 is 9.47 Å². The minimum absolute atomic E-state index is 0.0755. The Hall–Kier alpha value is -0.410. The fourth-order valence-corrected chi connectivity index (χ4v) is 1.36. The van der Waals surface area contributed by atoms with Crippen molar-refractivity contribution >= 4 is 5.78 Å². The molecule has 0 aromatic carbocycles. The van der Waals surface area contributed by atoms with Crippen LogP contribution in [-0.2, 0) is 14.3 Å². The molecule has 3 heteroatoms. The van der Waals surface area contributed by atoms with E-state index in [1.807, 2.05) is 13.8 Å². The largest absolute Gasteiger partial charge is 0.378 e. The van der Waals surface area contributed by atoms with Crippen LogP contribution in [-0.4, -0.2) is 31.7 Å². The van der Waals surface area contributed by atoms with Crippen molar-refractivity contribution < 1.29 is 14.3 Å². The number of carbonyl (C=O) groups excluding carboxylic acids is 1. The van der Waals surface area contributed by atoms with Gasteiger partial charge in [-0.15, -0.1) is 0 Å². The van der Waals surface area contributed by atoms with Crippen LogP contribution >= 0.6 is 0 Å². The predicted molar refractivity (Wildman–Crippen MR) is 45.0 cm³/mol. The number of ether oxygens (including phenoxy) is 2. The van der Waals surface area contributed by atoms with Gasteiger partial charge in [0, 0.05) is 12.5 Å². The SMILES string of the molecule is CCOCC(=O)C1COC(C)C1. The molecule has 3 nitrogen and oxygen atoms in total. The zero-order chi connectivity index (χ0) is 8.97. The van der Waals surface area contributed by atoms with Gasteiger partial charge in [0.25, 0.3) is 0 Å². The van der Waals surface area contributed by atoms with E-state index in [-0.39, 0.29) is 24.4 Å². The quantitative estimate of drug-likeness (QED) is 0.635. The smallest absolute Gasteiger partial charge is 0.163 e. The summed E-state index contributed by atoms with van der Waals surface area (Å²) < 4.78 is 10.3. The lowest BCUT2D eigenvalue weighted by atomic mass is 10.0. The first-order valence-corrected chi connectivity index (χ1v) is 4.46. The van der Waals surface area contributed by atoms with Crippen LogP contribution in [0.1, 0.15) is 20.3 Å². The molecular weight excluding hydrogens is 156 g/mol. The average molecular weight is 172 g/mol. The zero-order valence-corrected chi connectivity index (χ0v) is 7.71. The third-order valence-electron chi connectivity index (χ3n) is 2.10. The average Bonchev–Trinajstić information content (AvgIpc) is 2.47. The Morgan fingerprint density at radius 2 is 2.42 bits per heavy atom. The van der Waals surface area contributed by atoms with Crippen LogP contribution in [0.4, 0.5) is 0 Å². The molecule has 0 aromatic rings. The Bertz CT molecular complexity index is 156. The van der Waals surface area contributed by atoms with Crippen LogP contribution in [0.2, 0.25) is 0 Å². The van der Waals surface area contributed by atoms with Crippen molar-refractivity contribution in [3.05, 3.63) is 0 Å². The molecule has 1 fully saturated rings. The maximum absolute atomic E-state index is 11.3. The maximum atomic E-state index is 11.3. The standard InChI is InChI=1S/C9H16O3/c1-3-11-6-9(10)8-4-7(2)12-5-8/h7-8H,3-6H2,1-2H3. The van der Waals surface area contributed by atoms with Crippen molar-refractivity contribution in [2.24, 2.45) is 5.92 Å². The molecule has 0 N–H and O–H groups in total. The van der Waals surface area contributed by atoms with Gasteiger partial charge in [0.15, 0.2) is 5.78 Å². The summed E-state index contributed by atoms with van der Waals surface area (Å²) in [6.07, 6.45) is 1.09. The van der Waals surface area contributed by atoms with Crippen molar-refractivity contribution in [1.29, 1.82) is 0 Å². The Kier molecular flexibility index (Phi) is 3.69. The summed E-state index contributed by atoms with van der Waals surface area (Å²) in [4.78, 5) is 11.3. The van der Waals surface area contributed by atoms with Gasteiger partial charge >= 0.3 is 0 Å². The van der Waals surface area contributed by atoms with Crippen LogP contribution in [0.3, 0.4) is 0 Å². The van der Waals surface area contributed by atoms with Crippen molar-refractivity contribution in [2.45, 2.75) is 26.4 Å². The predicted octanol–water partition coefficient (Wildman–Crippen LogP) is 1.02. The molecule has 12 heavy (non-hydrogen) atoms. The second kappa shape index (κ2) is 4.58. The number of rotatable bonds is 4. The molecule has 0 radical (unpaired) electrons. The molecule has 2 unspecified atom stereocenters. The zero-order valence-electron chi connectivity index (χ0n) is 7.71. The van der Waals surface area contributed by atoms with E-state index in [1.165, 1.54) is 0 Å². The Morgan fingerprint density at radius 3 is 2.92 bits per heavy atom. The van der Waals surface area contributed by atoms with Gasteiger partial charge in [-0.3, -0.25) is 4.79 Å². The van der Waals surface area contributed by atoms with E-state index in [0.29, 0.717) is 13.2 Å². The van der Waals surface area contributed by atoms with E-state index in [2.05, 4.69) is 0 Å². The van der Waals surface area contributed by atoms with Crippen LogP contribution in [0, 0.1) is 5.92 Å². The van der Waals surface area contributed by atoms with E-state index in [4.69, 9.17) is 9.47 Å². The second-order valence-corrected chi connectivity index (χ2v) is 3.18. The van der Waals surface area contributed by atoms with Crippen molar-refractivity contribution in [2.75, 3.05) is 19.8 Å². The van der Waals surface area contributed by atoms with Gasteiger partial charge in [0.2, 0.25) is 0 Å². The minimum Gasteiger partial charge on any atom is -0.378 e. The highest BCUT2D eigenvalue weighted by Crippen LogP contribution is 2.19. The first-order valence-electron chi connectivity index (χ1n) is 4.46. The van der Waals surface area contributed by atoms with E-state index in [9.17, 15) is 4.79 Å². The Morgan fingerprint density at radius 1 is 1.67 bits per heavy atom. The normalized spacial score (nSPS) is 29.2. The highest BCUT2D eigenvalue weighted by Gasteiger charge is 2.27. The number of hydrogen-bond acceptors (Lipinski definition) is 3. The van der Waals surface area contributed by atoms with Crippen LogP contribution < -0.4 is 0 Å². The number of Topliss-reactive ketones (excluding diaryl/α,β-unsaturated/α-hetero) is 1. The molecule has 0 spiro atoms. The van der Waals surface area contributed by atoms with Crippen LogP contribution in [0.5, 0.6) is 0 Å². The molecule has 1 rings (SSSR count). The van der Waals surface area contributed by atoms with Gasteiger partial charge in [0.1, 0.15) is 6.61 Å². The lowest BCUT2D eigenvalue weighted by Gasteiger charge is -2.05. The molecular formula is C9H16O3. The summed E-state index contributed by atoms with van der Waals surface area (Å²) in [7, 11) is 0. The van der Waals surface area contributed by atoms with E-state index in [0.717, 1.165) is 6.42 Å². The molecule has 1 aliphatic heterocycles. The van der Waals surface area contributed by atoms with E-state index >= 15 is 0 Å². The highest BCUT2D eigenvalue weighted by atomic mass is 16.5. The minimum atomic E-state index is 0.0755. The molecule has 70 valence electrons. The first kappa shape index (κ1) is 9.68. The van der Waals surface area contributed by atoms with Gasteiger partial charge in [-0.05, 0) is 20.3 Å². The van der Waals surface area contributed by atoms with E-state index < -0.39 is 0 Å². The van der Waals surface area contributed by atoms with Gasteiger partial charge in [-0.25, -0.2) is 0 Å². The fraction of sp³-hybridized carbons (Fsp3) is 0.889. The van der Waals surface area contributed by atoms with Gasteiger partial charge in [-0.1, -0.05) is 0 Å². The molecule has 0 amide bonds. The summed E-state index contributed by atoms with van der Waals surface area (Å²) >= 11 is 0. The van der Waals surface area contributed by atoms with Gasteiger partial charge in [-0.2, -0.15) is 0 Å². The maximum Gasteiger partial charge on any atom is 0.163 e. The molecule has 2 atom stereocenters. The summed E-state index contributed by atoms with van der Waals surface area (Å²) in [5.41, 5.74) is 0. The highest BCUT2D eigenvalue weighted by molar-refractivity contribution is 5.82. The molecule has 0 aliphatic carbocycles. The topological polar surface area (TPSA) is 35.5 Å². The summed E-state index contributed by atoms with van der Waals surface area (Å²) in [6.45, 7) is 5.31. The van der Waals surface area contributed by atoms with Crippen molar-refractivity contribution in [3.63, 3.8) is 0 Å². The number of hydrogen-bond donors (Lipinski definition) is 0. The Labute approximate surface area is 73.0 Å². The van der Waals surface area contributed by atoms with Gasteiger partial charge in [0.05, 0.1) is 12.7 Å². The fourth-order valence-electron chi connectivity index (χ4n) is 1.36. The molecule has 1 saturated heterocycles. The summed E-state index contributed by atoms with van der Waals surface area (Å²) in [5, 5.41) is 0. The molecule has 0 saturated carbocycles. The third kappa shape index (κ3) is 2.57. The monoisotopic (exact) mass is 172 g/mol. The van der Waals surface area contributed by atoms with Crippen molar-refractivity contribution in [3.8, 4) is 0 Å². The number of carbonyl (C=O) groups is 1.